The molecular weight excluding hydrogens is 380 g/mol. The largest absolute Gasteiger partial charge is 0.454 e. The third kappa shape index (κ3) is 4.96. The first kappa shape index (κ1) is 21.3. The number of nitrogens with zero attached hydrogens (tertiary/aromatic N) is 1. The van der Waals surface area contributed by atoms with E-state index in [1.54, 1.807) is 24.3 Å². The highest BCUT2D eigenvalue weighted by Crippen LogP contribution is 2.19. The van der Waals surface area contributed by atoms with Crippen LogP contribution in [0, 0.1) is 13.8 Å². The van der Waals surface area contributed by atoms with Gasteiger partial charge in [0.05, 0.1) is 12.2 Å². The fourth-order valence-corrected chi connectivity index (χ4v) is 3.39. The summed E-state index contributed by atoms with van der Waals surface area (Å²) in [5.41, 5.74) is 4.42. The Bertz CT molecular complexity index is 1020. The van der Waals surface area contributed by atoms with Gasteiger partial charge in [-0.3, -0.25) is 4.79 Å². The standard InChI is InChI=1S/C24H26N2O4/c1-17-14-21(18(2)26(17)15-19-8-4-3-5-9-19)23(28)16-30-24(29)20-10-6-7-11-22(20)25-12-13-27/h3-11,14,25,27H,12-13,15-16H2,1-2H3. The summed E-state index contributed by atoms with van der Waals surface area (Å²) >= 11 is 0. The number of ether oxygens (including phenoxy) is 1. The zero-order valence-corrected chi connectivity index (χ0v) is 17.2. The highest BCUT2D eigenvalue weighted by Gasteiger charge is 2.19. The lowest BCUT2D eigenvalue weighted by Crippen LogP contribution is -2.17. The number of hydrogen-bond acceptors (Lipinski definition) is 5. The van der Waals surface area contributed by atoms with Crippen molar-refractivity contribution in [3.8, 4) is 0 Å². The SMILES string of the molecule is Cc1cc(C(=O)COC(=O)c2ccccc2NCCO)c(C)n1Cc1ccccc1. The molecule has 156 valence electrons. The quantitative estimate of drug-likeness (QED) is 0.419. The molecule has 6 nitrogen and oxygen atoms in total. The molecule has 0 radical (unpaired) electrons. The van der Waals surface area contributed by atoms with Crippen LogP contribution in [0.2, 0.25) is 0 Å². The molecule has 0 aliphatic rings. The number of Topliss-reactive ketones (excluding diaryl/α,β-unsaturated/α-hetero) is 1. The van der Waals surface area contributed by atoms with Gasteiger partial charge in [0.2, 0.25) is 5.78 Å². The molecular formula is C24H26N2O4. The van der Waals surface area contributed by atoms with Crippen molar-refractivity contribution in [1.29, 1.82) is 0 Å². The molecule has 6 heteroatoms. The minimum atomic E-state index is -0.581. The highest BCUT2D eigenvalue weighted by atomic mass is 16.5. The molecule has 2 aromatic carbocycles. The van der Waals surface area contributed by atoms with Crippen molar-refractivity contribution in [2.24, 2.45) is 0 Å². The molecule has 0 amide bonds. The Hall–Kier alpha value is -3.38. The van der Waals surface area contributed by atoms with Crippen LogP contribution in [0.25, 0.3) is 0 Å². The zero-order valence-electron chi connectivity index (χ0n) is 17.2. The number of aliphatic hydroxyl groups is 1. The van der Waals surface area contributed by atoms with Gasteiger partial charge in [-0.15, -0.1) is 0 Å². The van der Waals surface area contributed by atoms with Crippen LogP contribution in [-0.2, 0) is 11.3 Å². The normalized spacial score (nSPS) is 10.6. The second-order valence-electron chi connectivity index (χ2n) is 7.05. The monoisotopic (exact) mass is 406 g/mol. The Balaban J connectivity index is 1.68. The van der Waals surface area contributed by atoms with E-state index in [4.69, 9.17) is 9.84 Å². The Kier molecular flexibility index (Phi) is 7.03. The van der Waals surface area contributed by atoms with Gasteiger partial charge in [0.15, 0.2) is 6.61 Å². The minimum Gasteiger partial charge on any atom is -0.454 e. The predicted octanol–water partition coefficient (Wildman–Crippen LogP) is 3.60. The lowest BCUT2D eigenvalue weighted by molar-refractivity contribution is 0.0475. The number of esters is 1. The molecule has 30 heavy (non-hydrogen) atoms. The van der Waals surface area contributed by atoms with Gasteiger partial charge in [-0.05, 0) is 37.6 Å². The van der Waals surface area contributed by atoms with E-state index in [0.29, 0.717) is 29.9 Å². The van der Waals surface area contributed by atoms with Crippen molar-refractivity contribution in [3.05, 3.63) is 88.7 Å². The average Bonchev–Trinajstić information content (AvgIpc) is 3.05. The Morgan fingerprint density at radius 1 is 1.00 bits per heavy atom. The summed E-state index contributed by atoms with van der Waals surface area (Å²) in [6, 6.07) is 18.7. The van der Waals surface area contributed by atoms with Gasteiger partial charge in [-0.2, -0.15) is 0 Å². The molecule has 3 aromatic rings. The summed E-state index contributed by atoms with van der Waals surface area (Å²) in [6.45, 7) is 4.47. The van der Waals surface area contributed by atoms with Crippen molar-refractivity contribution in [3.63, 3.8) is 0 Å². The number of nitrogens with one attached hydrogen (secondary N) is 1. The van der Waals surface area contributed by atoms with Gasteiger partial charge >= 0.3 is 5.97 Å². The summed E-state index contributed by atoms with van der Waals surface area (Å²) in [5, 5.41) is 11.9. The number of carbonyl (C=O) groups is 2. The molecule has 0 spiro atoms. The third-order valence-corrected chi connectivity index (χ3v) is 4.97. The molecule has 1 aromatic heterocycles. The molecule has 0 unspecified atom stereocenters. The van der Waals surface area contributed by atoms with Gasteiger partial charge in [-0.25, -0.2) is 4.79 Å². The van der Waals surface area contributed by atoms with Crippen LogP contribution >= 0.6 is 0 Å². The summed E-state index contributed by atoms with van der Waals surface area (Å²) in [7, 11) is 0. The molecule has 0 saturated carbocycles. The van der Waals surface area contributed by atoms with Crippen LogP contribution in [0.3, 0.4) is 0 Å². The topological polar surface area (TPSA) is 80.6 Å². The van der Waals surface area contributed by atoms with E-state index in [-0.39, 0.29) is 19.0 Å². The van der Waals surface area contributed by atoms with Crippen molar-refractivity contribution in [2.75, 3.05) is 25.1 Å². The van der Waals surface area contributed by atoms with Crippen LogP contribution in [0.4, 0.5) is 5.69 Å². The first-order valence-electron chi connectivity index (χ1n) is 9.86. The molecule has 0 bridgehead atoms. The van der Waals surface area contributed by atoms with E-state index in [9.17, 15) is 9.59 Å². The van der Waals surface area contributed by atoms with Crippen molar-refractivity contribution in [2.45, 2.75) is 20.4 Å². The number of anilines is 1. The van der Waals surface area contributed by atoms with Gasteiger partial charge < -0.3 is 19.7 Å². The van der Waals surface area contributed by atoms with Gasteiger partial charge in [-0.1, -0.05) is 42.5 Å². The lowest BCUT2D eigenvalue weighted by atomic mass is 10.1. The molecule has 0 atom stereocenters. The number of aryl methyl sites for hydroxylation is 1. The number of para-hydroxylation sites is 1. The fourth-order valence-electron chi connectivity index (χ4n) is 3.39. The second-order valence-corrected chi connectivity index (χ2v) is 7.05. The van der Waals surface area contributed by atoms with E-state index in [1.165, 1.54) is 0 Å². The molecule has 0 saturated heterocycles. The predicted molar refractivity (Wildman–Crippen MR) is 116 cm³/mol. The third-order valence-electron chi connectivity index (χ3n) is 4.97. The van der Waals surface area contributed by atoms with E-state index in [2.05, 4.69) is 9.88 Å². The summed E-state index contributed by atoms with van der Waals surface area (Å²) in [5.74, 6) is -0.820. The molecule has 2 N–H and O–H groups in total. The van der Waals surface area contributed by atoms with E-state index in [1.807, 2.05) is 50.2 Å². The van der Waals surface area contributed by atoms with Crippen molar-refractivity contribution >= 4 is 17.4 Å². The van der Waals surface area contributed by atoms with Crippen LogP contribution < -0.4 is 5.32 Å². The van der Waals surface area contributed by atoms with Crippen molar-refractivity contribution < 1.29 is 19.4 Å². The van der Waals surface area contributed by atoms with Gasteiger partial charge in [0.1, 0.15) is 0 Å². The Morgan fingerprint density at radius 2 is 1.70 bits per heavy atom. The van der Waals surface area contributed by atoms with Crippen LogP contribution in [0.15, 0.2) is 60.7 Å². The van der Waals surface area contributed by atoms with E-state index in [0.717, 1.165) is 17.0 Å². The number of rotatable bonds is 9. The molecule has 1 heterocycles. The number of aromatic nitrogens is 1. The maximum absolute atomic E-state index is 12.7. The fraction of sp³-hybridized carbons (Fsp3) is 0.250. The first-order valence-corrected chi connectivity index (χ1v) is 9.86. The van der Waals surface area contributed by atoms with Crippen molar-refractivity contribution in [1.82, 2.24) is 4.57 Å². The molecule has 0 fully saturated rings. The summed E-state index contributed by atoms with van der Waals surface area (Å²) in [4.78, 5) is 25.2. The summed E-state index contributed by atoms with van der Waals surface area (Å²) < 4.78 is 7.37. The maximum atomic E-state index is 12.7. The zero-order chi connectivity index (χ0) is 21.5. The molecule has 3 rings (SSSR count). The molecule has 0 aliphatic carbocycles. The van der Waals surface area contributed by atoms with Crippen LogP contribution in [0.5, 0.6) is 0 Å². The van der Waals surface area contributed by atoms with Gasteiger partial charge in [0, 0.05) is 35.7 Å². The first-order chi connectivity index (χ1) is 14.5. The number of aliphatic hydroxyl groups excluding tert-OH is 1. The smallest absolute Gasteiger partial charge is 0.340 e. The number of hydrogen-bond donors (Lipinski definition) is 2. The maximum Gasteiger partial charge on any atom is 0.340 e. The van der Waals surface area contributed by atoms with Crippen LogP contribution in [0.1, 0.15) is 37.7 Å². The second kappa shape index (κ2) is 9.89. The van der Waals surface area contributed by atoms with E-state index >= 15 is 0 Å². The average molecular weight is 406 g/mol. The van der Waals surface area contributed by atoms with Crippen LogP contribution in [-0.4, -0.2) is 41.2 Å². The number of ketones is 1. The number of benzene rings is 2. The Morgan fingerprint density at radius 3 is 2.43 bits per heavy atom. The lowest BCUT2D eigenvalue weighted by Gasteiger charge is -2.11. The molecule has 0 aliphatic heterocycles. The minimum absolute atomic E-state index is 0.0551. The van der Waals surface area contributed by atoms with Gasteiger partial charge in [0.25, 0.3) is 0 Å². The highest BCUT2D eigenvalue weighted by molar-refractivity contribution is 6.01. The number of carbonyl (C=O) groups excluding carboxylic acids is 2. The Labute approximate surface area is 176 Å². The summed E-state index contributed by atoms with van der Waals surface area (Å²) in [6.07, 6.45) is 0. The van der Waals surface area contributed by atoms with E-state index < -0.39 is 5.97 Å².